The Kier molecular flexibility index (Phi) is 4.10. The summed E-state index contributed by atoms with van der Waals surface area (Å²) in [6.07, 6.45) is 1.09. The molecule has 0 radical (unpaired) electrons. The maximum Gasteiger partial charge on any atom is 0.254 e. The average molecular weight is 261 g/mol. The fourth-order valence-electron chi connectivity index (χ4n) is 2.61. The molecule has 2 atom stereocenters. The number of nitrogens with one attached hydrogen (secondary N) is 1. The minimum absolute atomic E-state index is 0.139. The summed E-state index contributed by atoms with van der Waals surface area (Å²) in [5, 5.41) is 0. The number of rotatable bonds is 2. The Morgan fingerprint density at radius 3 is 2.68 bits per heavy atom. The van der Waals surface area contributed by atoms with E-state index >= 15 is 0 Å². The van der Waals surface area contributed by atoms with Gasteiger partial charge in [0, 0.05) is 24.3 Å². The number of aryl methyl sites for hydroxylation is 1. The van der Waals surface area contributed by atoms with E-state index in [2.05, 4.69) is 19.3 Å². The normalized spacial score (nSPS) is 23.3. The lowest BCUT2D eigenvalue weighted by molar-refractivity contribution is 0.0627. The van der Waals surface area contributed by atoms with E-state index in [1.807, 2.05) is 30.0 Å². The zero-order chi connectivity index (χ0) is 14.0. The van der Waals surface area contributed by atoms with Crippen molar-refractivity contribution in [3.05, 3.63) is 29.3 Å². The summed E-state index contributed by atoms with van der Waals surface area (Å²) >= 11 is 0. The van der Waals surface area contributed by atoms with Crippen molar-refractivity contribution in [3.8, 4) is 0 Å². The first kappa shape index (κ1) is 13.9. The number of carbonyl (C=O) groups is 1. The van der Waals surface area contributed by atoms with Crippen LogP contribution in [0.25, 0.3) is 0 Å². The molecule has 0 saturated carbocycles. The lowest BCUT2D eigenvalue weighted by atomic mass is 9.88. The molecule has 4 nitrogen and oxygen atoms in total. The van der Waals surface area contributed by atoms with Crippen LogP contribution in [0.3, 0.4) is 0 Å². The molecule has 1 fully saturated rings. The largest absolute Gasteiger partial charge is 0.338 e. The van der Waals surface area contributed by atoms with Gasteiger partial charge in [0.15, 0.2) is 0 Å². The third-order valence-electron chi connectivity index (χ3n) is 4.24. The molecule has 1 aliphatic heterocycles. The van der Waals surface area contributed by atoms with Crippen LogP contribution in [-0.4, -0.2) is 23.9 Å². The maximum absolute atomic E-state index is 12.5. The Morgan fingerprint density at radius 2 is 2.11 bits per heavy atom. The number of hydrogen-bond acceptors (Lipinski definition) is 3. The van der Waals surface area contributed by atoms with E-state index in [-0.39, 0.29) is 5.91 Å². The van der Waals surface area contributed by atoms with Crippen LogP contribution < -0.4 is 11.3 Å². The molecule has 2 rings (SSSR count). The quantitative estimate of drug-likeness (QED) is 0.635. The highest BCUT2D eigenvalue weighted by Gasteiger charge is 2.27. The molecule has 1 aromatic carbocycles. The van der Waals surface area contributed by atoms with Crippen LogP contribution in [0.15, 0.2) is 18.2 Å². The second-order valence-corrected chi connectivity index (χ2v) is 5.67. The molecule has 0 bridgehead atoms. The van der Waals surface area contributed by atoms with Gasteiger partial charge >= 0.3 is 0 Å². The predicted molar refractivity (Wildman–Crippen MR) is 77.8 cm³/mol. The zero-order valence-corrected chi connectivity index (χ0v) is 11.9. The molecule has 1 aromatic rings. The highest BCUT2D eigenvalue weighted by Crippen LogP contribution is 2.25. The van der Waals surface area contributed by atoms with Crippen molar-refractivity contribution in [2.75, 3.05) is 18.5 Å². The van der Waals surface area contributed by atoms with Gasteiger partial charge in [0.05, 0.1) is 0 Å². The smallest absolute Gasteiger partial charge is 0.254 e. The number of carbonyl (C=O) groups excluding carboxylic acids is 1. The predicted octanol–water partition coefficient (Wildman–Crippen LogP) is 2.40. The highest BCUT2D eigenvalue weighted by molar-refractivity contribution is 5.96. The number of likely N-dealkylation sites (tertiary alicyclic amines) is 1. The number of amides is 1. The van der Waals surface area contributed by atoms with Gasteiger partial charge in [-0.05, 0) is 48.9 Å². The van der Waals surface area contributed by atoms with E-state index in [0.717, 1.165) is 36.3 Å². The van der Waals surface area contributed by atoms with Crippen LogP contribution in [0.4, 0.5) is 5.69 Å². The summed E-state index contributed by atoms with van der Waals surface area (Å²) in [4.78, 5) is 14.5. The summed E-state index contributed by atoms with van der Waals surface area (Å²) in [5.74, 6) is 6.79. The SMILES string of the molecule is Cc1cc(NN)ccc1C(=O)N1CCC(C)C(C)C1. The summed E-state index contributed by atoms with van der Waals surface area (Å²) in [6, 6.07) is 5.61. The lowest BCUT2D eigenvalue weighted by Crippen LogP contribution is -2.42. The van der Waals surface area contributed by atoms with Crippen LogP contribution in [-0.2, 0) is 0 Å². The van der Waals surface area contributed by atoms with Crippen molar-refractivity contribution in [1.82, 2.24) is 4.90 Å². The van der Waals surface area contributed by atoms with Crippen LogP contribution in [0.5, 0.6) is 0 Å². The molecule has 1 amide bonds. The molecular weight excluding hydrogens is 238 g/mol. The highest BCUT2D eigenvalue weighted by atomic mass is 16.2. The third kappa shape index (κ3) is 2.89. The molecule has 4 heteroatoms. The number of hydrazine groups is 1. The summed E-state index contributed by atoms with van der Waals surface area (Å²) < 4.78 is 0. The van der Waals surface area contributed by atoms with Crippen LogP contribution >= 0.6 is 0 Å². The second-order valence-electron chi connectivity index (χ2n) is 5.67. The minimum Gasteiger partial charge on any atom is -0.338 e. The van der Waals surface area contributed by atoms with Gasteiger partial charge in [0.1, 0.15) is 0 Å². The van der Waals surface area contributed by atoms with Gasteiger partial charge < -0.3 is 10.3 Å². The van der Waals surface area contributed by atoms with Crippen molar-refractivity contribution < 1.29 is 4.79 Å². The van der Waals surface area contributed by atoms with Crippen LogP contribution in [0.1, 0.15) is 36.2 Å². The average Bonchev–Trinajstić information content (AvgIpc) is 2.41. The molecule has 1 heterocycles. The fourth-order valence-corrected chi connectivity index (χ4v) is 2.61. The van der Waals surface area contributed by atoms with Gasteiger partial charge in [-0.3, -0.25) is 10.6 Å². The summed E-state index contributed by atoms with van der Waals surface area (Å²) in [5.41, 5.74) is 5.17. The molecule has 19 heavy (non-hydrogen) atoms. The number of nitrogens with two attached hydrogens (primary N) is 1. The third-order valence-corrected chi connectivity index (χ3v) is 4.24. The fraction of sp³-hybridized carbons (Fsp3) is 0.533. The van der Waals surface area contributed by atoms with Gasteiger partial charge in [0.25, 0.3) is 5.91 Å². The standard InChI is InChI=1S/C15H23N3O/c1-10-6-7-18(9-12(10)3)15(19)14-5-4-13(17-16)8-11(14)2/h4-5,8,10,12,17H,6-7,9,16H2,1-3H3. The Balaban J connectivity index is 2.16. The van der Waals surface area contributed by atoms with Crippen molar-refractivity contribution >= 4 is 11.6 Å². The van der Waals surface area contributed by atoms with Gasteiger partial charge in [0.2, 0.25) is 0 Å². The van der Waals surface area contributed by atoms with E-state index in [1.54, 1.807) is 0 Å². The van der Waals surface area contributed by atoms with Gasteiger partial charge in [-0.15, -0.1) is 0 Å². The van der Waals surface area contributed by atoms with Crippen molar-refractivity contribution in [2.45, 2.75) is 27.2 Å². The number of benzene rings is 1. The molecule has 0 spiro atoms. The van der Waals surface area contributed by atoms with E-state index < -0.39 is 0 Å². The molecule has 1 saturated heterocycles. The lowest BCUT2D eigenvalue weighted by Gasteiger charge is -2.35. The number of nitrogens with zero attached hydrogens (tertiary/aromatic N) is 1. The molecule has 2 unspecified atom stereocenters. The first-order valence-electron chi connectivity index (χ1n) is 6.89. The maximum atomic E-state index is 12.5. The van der Waals surface area contributed by atoms with Gasteiger partial charge in [-0.25, -0.2) is 0 Å². The Morgan fingerprint density at radius 1 is 1.37 bits per heavy atom. The Hall–Kier alpha value is -1.55. The number of piperidine rings is 1. The number of hydrogen-bond donors (Lipinski definition) is 2. The molecule has 3 N–H and O–H groups in total. The van der Waals surface area contributed by atoms with E-state index in [1.165, 1.54) is 0 Å². The van der Waals surface area contributed by atoms with E-state index in [9.17, 15) is 4.79 Å². The van der Waals surface area contributed by atoms with Crippen LogP contribution in [0.2, 0.25) is 0 Å². The van der Waals surface area contributed by atoms with Crippen molar-refractivity contribution in [1.29, 1.82) is 0 Å². The number of nitrogen functional groups attached to an aromatic ring is 1. The van der Waals surface area contributed by atoms with Crippen molar-refractivity contribution in [2.24, 2.45) is 17.7 Å². The number of anilines is 1. The summed E-state index contributed by atoms with van der Waals surface area (Å²) in [7, 11) is 0. The molecule has 104 valence electrons. The first-order valence-corrected chi connectivity index (χ1v) is 6.89. The van der Waals surface area contributed by atoms with Gasteiger partial charge in [-0.2, -0.15) is 0 Å². The Bertz CT molecular complexity index is 472. The van der Waals surface area contributed by atoms with Crippen molar-refractivity contribution in [3.63, 3.8) is 0 Å². The van der Waals surface area contributed by atoms with E-state index in [0.29, 0.717) is 11.8 Å². The minimum atomic E-state index is 0.139. The Labute approximate surface area is 114 Å². The van der Waals surface area contributed by atoms with Gasteiger partial charge in [-0.1, -0.05) is 13.8 Å². The monoisotopic (exact) mass is 261 g/mol. The van der Waals surface area contributed by atoms with E-state index in [4.69, 9.17) is 5.84 Å². The zero-order valence-electron chi connectivity index (χ0n) is 11.9. The molecule has 0 aromatic heterocycles. The molecular formula is C15H23N3O. The molecule has 1 aliphatic rings. The topological polar surface area (TPSA) is 58.4 Å². The second kappa shape index (κ2) is 5.61. The summed E-state index contributed by atoms with van der Waals surface area (Å²) in [6.45, 7) is 8.15. The molecule has 0 aliphatic carbocycles. The first-order chi connectivity index (χ1) is 9.02. The van der Waals surface area contributed by atoms with Crippen LogP contribution in [0, 0.1) is 18.8 Å².